The zero-order valence-electron chi connectivity index (χ0n) is 14.0. The Morgan fingerprint density at radius 1 is 0.926 bits per heavy atom. The van der Waals surface area contributed by atoms with Crippen LogP contribution in [-0.4, -0.2) is 10.9 Å². The van der Waals surface area contributed by atoms with E-state index in [1.807, 2.05) is 18.2 Å². The largest absolute Gasteiger partial charge is 0.403 e. The Balaban J connectivity index is 1.58. The highest BCUT2D eigenvalue weighted by Gasteiger charge is 2.09. The first-order valence-corrected chi connectivity index (χ1v) is 9.25. The number of nitrogens with one attached hydrogen (secondary N) is 1. The van der Waals surface area contributed by atoms with Gasteiger partial charge in [-0.2, -0.15) is 0 Å². The molecule has 3 aromatic carbocycles. The van der Waals surface area contributed by atoms with E-state index in [9.17, 15) is 9.59 Å². The number of carbonyl (C=O) groups is 1. The number of anilines is 1. The summed E-state index contributed by atoms with van der Waals surface area (Å²) in [7, 11) is 0. The lowest BCUT2D eigenvalue weighted by atomic mass is 10.1. The monoisotopic (exact) mass is 468 g/mol. The number of halogens is 1. The summed E-state index contributed by atoms with van der Waals surface area (Å²) in [4.78, 5) is 28.8. The van der Waals surface area contributed by atoms with E-state index in [1.165, 1.54) is 0 Å². The van der Waals surface area contributed by atoms with E-state index >= 15 is 0 Å². The number of amides is 1. The molecule has 0 bridgehead atoms. The molecule has 6 heteroatoms. The van der Waals surface area contributed by atoms with Crippen LogP contribution in [0.2, 0.25) is 0 Å². The smallest absolute Gasteiger partial charge is 0.347 e. The van der Waals surface area contributed by atoms with Gasteiger partial charge < -0.3 is 9.73 Å². The SMILES string of the molecule is O=C(Nc1ccc(-c2nc3ccccc3c(=O)o2)cc1)c1ccc(I)cc1. The Morgan fingerprint density at radius 3 is 2.37 bits per heavy atom. The fraction of sp³-hybridized carbons (Fsp3) is 0. The van der Waals surface area contributed by atoms with Crippen molar-refractivity contribution in [1.29, 1.82) is 0 Å². The van der Waals surface area contributed by atoms with Crippen LogP contribution in [-0.2, 0) is 0 Å². The van der Waals surface area contributed by atoms with Gasteiger partial charge in [0.25, 0.3) is 5.91 Å². The predicted molar refractivity (Wildman–Crippen MR) is 113 cm³/mol. The van der Waals surface area contributed by atoms with Gasteiger partial charge in [-0.25, -0.2) is 9.78 Å². The number of rotatable bonds is 3. The molecular formula is C21H13IN2O3. The topological polar surface area (TPSA) is 72.2 Å². The van der Waals surface area contributed by atoms with E-state index in [0.717, 1.165) is 3.57 Å². The molecule has 4 rings (SSSR count). The van der Waals surface area contributed by atoms with Crippen LogP contribution in [0.25, 0.3) is 22.4 Å². The standard InChI is InChI=1S/C21H13IN2O3/c22-15-9-5-13(6-10-15)19(25)23-16-11-7-14(8-12-16)20-24-18-4-2-1-3-17(18)21(26)27-20/h1-12H,(H,23,25). The quantitative estimate of drug-likeness (QED) is 0.442. The van der Waals surface area contributed by atoms with Crippen molar-refractivity contribution >= 4 is 45.1 Å². The molecule has 0 unspecified atom stereocenters. The maximum Gasteiger partial charge on any atom is 0.347 e. The van der Waals surface area contributed by atoms with Gasteiger partial charge in [0.15, 0.2) is 0 Å². The van der Waals surface area contributed by atoms with E-state index in [2.05, 4.69) is 32.9 Å². The van der Waals surface area contributed by atoms with Gasteiger partial charge in [-0.15, -0.1) is 0 Å². The third-order valence-corrected chi connectivity index (χ3v) is 4.75. The second-order valence-electron chi connectivity index (χ2n) is 5.86. The number of fused-ring (bicyclic) bond motifs is 1. The van der Waals surface area contributed by atoms with Crippen LogP contribution in [0.4, 0.5) is 5.69 Å². The Kier molecular flexibility index (Phi) is 4.72. The predicted octanol–water partition coefficient (Wildman–Crippen LogP) is 4.71. The van der Waals surface area contributed by atoms with Gasteiger partial charge in [0.05, 0.1) is 10.9 Å². The Bertz CT molecular complexity index is 1180. The zero-order chi connectivity index (χ0) is 18.8. The van der Waals surface area contributed by atoms with Crippen molar-refractivity contribution in [1.82, 2.24) is 4.98 Å². The van der Waals surface area contributed by atoms with Crippen LogP contribution >= 0.6 is 22.6 Å². The Morgan fingerprint density at radius 2 is 1.63 bits per heavy atom. The van der Waals surface area contributed by atoms with Gasteiger partial charge in [-0.05, 0) is 83.3 Å². The first-order chi connectivity index (χ1) is 13.1. The van der Waals surface area contributed by atoms with E-state index in [0.29, 0.717) is 27.7 Å². The fourth-order valence-corrected chi connectivity index (χ4v) is 3.00. The van der Waals surface area contributed by atoms with Crippen LogP contribution in [0.5, 0.6) is 0 Å². The average molecular weight is 468 g/mol. The first-order valence-electron chi connectivity index (χ1n) is 8.17. The minimum atomic E-state index is -0.424. The number of benzene rings is 3. The molecule has 0 aliphatic heterocycles. The number of aromatic nitrogens is 1. The molecule has 0 aliphatic carbocycles. The van der Waals surface area contributed by atoms with Crippen molar-refractivity contribution < 1.29 is 9.21 Å². The highest BCUT2D eigenvalue weighted by molar-refractivity contribution is 14.1. The van der Waals surface area contributed by atoms with Gasteiger partial charge in [0.1, 0.15) is 0 Å². The van der Waals surface area contributed by atoms with E-state index in [4.69, 9.17) is 4.42 Å². The summed E-state index contributed by atoms with van der Waals surface area (Å²) in [6.07, 6.45) is 0. The summed E-state index contributed by atoms with van der Waals surface area (Å²) in [5.41, 5.74) is 2.05. The van der Waals surface area contributed by atoms with Crippen LogP contribution in [0.15, 0.2) is 82.0 Å². The summed E-state index contributed by atoms with van der Waals surface area (Å²) < 4.78 is 6.39. The van der Waals surface area contributed by atoms with Crippen molar-refractivity contribution in [3.63, 3.8) is 0 Å². The van der Waals surface area contributed by atoms with Gasteiger partial charge in [-0.1, -0.05) is 12.1 Å². The van der Waals surface area contributed by atoms with Gasteiger partial charge >= 0.3 is 5.63 Å². The lowest BCUT2D eigenvalue weighted by molar-refractivity contribution is 0.102. The van der Waals surface area contributed by atoms with Gasteiger partial charge in [-0.3, -0.25) is 4.79 Å². The summed E-state index contributed by atoms with van der Waals surface area (Å²) in [5, 5.41) is 3.29. The molecule has 0 saturated heterocycles. The third-order valence-electron chi connectivity index (χ3n) is 4.03. The van der Waals surface area contributed by atoms with Crippen molar-refractivity contribution in [3.05, 3.63) is 92.4 Å². The van der Waals surface area contributed by atoms with Crippen molar-refractivity contribution in [2.75, 3.05) is 5.32 Å². The number of carbonyl (C=O) groups excluding carboxylic acids is 1. The van der Waals surface area contributed by atoms with Crippen molar-refractivity contribution in [2.24, 2.45) is 0 Å². The highest BCUT2D eigenvalue weighted by Crippen LogP contribution is 2.21. The minimum Gasteiger partial charge on any atom is -0.403 e. The summed E-state index contributed by atoms with van der Waals surface area (Å²) >= 11 is 2.19. The number of hydrogen-bond acceptors (Lipinski definition) is 4. The van der Waals surface area contributed by atoms with Crippen LogP contribution in [0, 0.1) is 3.57 Å². The molecule has 1 amide bonds. The summed E-state index contributed by atoms with van der Waals surface area (Å²) in [6, 6.07) is 21.4. The average Bonchev–Trinajstić information content (AvgIpc) is 2.69. The fourth-order valence-electron chi connectivity index (χ4n) is 2.64. The molecule has 5 nitrogen and oxygen atoms in total. The molecule has 1 N–H and O–H groups in total. The van der Waals surface area contributed by atoms with Gasteiger partial charge in [0.2, 0.25) is 5.89 Å². The van der Waals surface area contributed by atoms with Crippen molar-refractivity contribution in [2.45, 2.75) is 0 Å². The van der Waals surface area contributed by atoms with Gasteiger partial charge in [0, 0.05) is 20.4 Å². The maximum absolute atomic E-state index is 12.3. The Hall–Kier alpha value is -3.00. The van der Waals surface area contributed by atoms with E-state index in [-0.39, 0.29) is 11.8 Å². The maximum atomic E-state index is 12.3. The molecule has 0 spiro atoms. The molecule has 1 aromatic heterocycles. The highest BCUT2D eigenvalue weighted by atomic mass is 127. The minimum absolute atomic E-state index is 0.186. The zero-order valence-corrected chi connectivity index (χ0v) is 16.1. The van der Waals surface area contributed by atoms with Crippen LogP contribution < -0.4 is 10.9 Å². The molecule has 0 atom stereocenters. The molecule has 0 fully saturated rings. The summed E-state index contributed by atoms with van der Waals surface area (Å²) in [6.45, 7) is 0. The second-order valence-corrected chi connectivity index (χ2v) is 7.11. The molecular weight excluding hydrogens is 455 g/mol. The molecule has 0 aliphatic rings. The molecule has 4 aromatic rings. The molecule has 1 heterocycles. The third kappa shape index (κ3) is 3.75. The second kappa shape index (κ2) is 7.32. The molecule has 132 valence electrons. The lowest BCUT2D eigenvalue weighted by Gasteiger charge is -2.07. The molecule has 27 heavy (non-hydrogen) atoms. The normalized spacial score (nSPS) is 10.7. The number of para-hydroxylation sites is 1. The number of nitrogens with zero attached hydrogens (tertiary/aromatic N) is 1. The Labute approximate surface area is 168 Å². The van der Waals surface area contributed by atoms with E-state index in [1.54, 1.807) is 54.6 Å². The molecule has 0 saturated carbocycles. The summed E-state index contributed by atoms with van der Waals surface area (Å²) in [5.74, 6) is 0.0590. The van der Waals surface area contributed by atoms with Crippen LogP contribution in [0.1, 0.15) is 10.4 Å². The first kappa shape index (κ1) is 17.4. The van der Waals surface area contributed by atoms with E-state index < -0.39 is 5.63 Å². The van der Waals surface area contributed by atoms with Crippen LogP contribution in [0.3, 0.4) is 0 Å². The van der Waals surface area contributed by atoms with Crippen molar-refractivity contribution in [3.8, 4) is 11.5 Å². The molecule has 0 radical (unpaired) electrons. The number of hydrogen-bond donors (Lipinski definition) is 1. The lowest BCUT2D eigenvalue weighted by Crippen LogP contribution is -2.11.